The number of carbonyl (C=O) groups is 5. The quantitative estimate of drug-likeness (QED) is 0.206. The minimum absolute atomic E-state index is 0.0423. The number of ether oxygens (including phenoxy) is 2. The van der Waals surface area contributed by atoms with Gasteiger partial charge in [-0.15, -0.1) is 0 Å². The zero-order valence-electron chi connectivity index (χ0n) is 28.5. The maximum atomic E-state index is 14.4. The Bertz CT molecular complexity index is 1370. The number of rotatable bonds is 15. The van der Waals surface area contributed by atoms with Crippen molar-refractivity contribution < 1.29 is 38.6 Å². The molecule has 258 valence electrons. The van der Waals surface area contributed by atoms with Crippen molar-refractivity contribution in [1.82, 2.24) is 15.5 Å². The molecule has 0 aromatic heterocycles. The number of unbranched alkanes of at least 4 members (excludes halogenated alkanes) is 1. The molecular weight excluding hydrogens is 604 g/mol. The lowest BCUT2D eigenvalue weighted by molar-refractivity contribution is -0.159. The fourth-order valence-corrected chi connectivity index (χ4v) is 4.73. The van der Waals surface area contributed by atoms with E-state index in [4.69, 9.17) is 15.2 Å². The van der Waals surface area contributed by atoms with Gasteiger partial charge in [0, 0.05) is 24.9 Å². The second-order valence-corrected chi connectivity index (χ2v) is 13.3. The predicted molar refractivity (Wildman–Crippen MR) is 177 cm³/mol. The van der Waals surface area contributed by atoms with Crippen LogP contribution in [0.2, 0.25) is 0 Å². The summed E-state index contributed by atoms with van der Waals surface area (Å²) in [6, 6.07) is 11.3. The maximum Gasteiger partial charge on any atom is 0.408 e. The van der Waals surface area contributed by atoms with Crippen molar-refractivity contribution in [3.63, 3.8) is 0 Å². The van der Waals surface area contributed by atoms with Crippen molar-refractivity contribution in [3.05, 3.63) is 65.7 Å². The molecule has 47 heavy (non-hydrogen) atoms. The first-order valence-corrected chi connectivity index (χ1v) is 15.8. The summed E-state index contributed by atoms with van der Waals surface area (Å²) in [5, 5.41) is 16.3. The normalized spacial score (nSPS) is 13.4. The number of hydrogen-bond acceptors (Lipinski definition) is 8. The van der Waals surface area contributed by atoms with Gasteiger partial charge in [-0.05, 0) is 66.0 Å². The Morgan fingerprint density at radius 1 is 0.851 bits per heavy atom. The number of phenols is 1. The fraction of sp³-hybridized carbons (Fsp3) is 0.514. The number of primary amides is 1. The van der Waals surface area contributed by atoms with Crippen LogP contribution in [0.3, 0.4) is 0 Å². The number of para-hydroxylation sites is 1. The summed E-state index contributed by atoms with van der Waals surface area (Å²) in [5.41, 5.74) is 4.52. The molecule has 0 saturated heterocycles. The standard InChI is InChI=1S/C35H50N4O8/c1-8-9-21-39(31(43)25(19-20-28(36)41)38-33(45)47-35(5,6)7)29(24-17-13-14-18-27(24)40)30(42)37-26(32(44)46-34(2,3)4)22-23-15-11-10-12-16-23/h10-18,25-26,29,40H,8-9,19-22H2,1-7H3,(H2,36,41)(H,37,42)(H,38,45). The van der Waals surface area contributed by atoms with E-state index < -0.39 is 59.1 Å². The minimum Gasteiger partial charge on any atom is -0.508 e. The summed E-state index contributed by atoms with van der Waals surface area (Å²) in [6.45, 7) is 12.1. The summed E-state index contributed by atoms with van der Waals surface area (Å²) in [7, 11) is 0. The Hall–Kier alpha value is -4.61. The highest BCUT2D eigenvalue weighted by Gasteiger charge is 2.39. The Kier molecular flexibility index (Phi) is 14.2. The monoisotopic (exact) mass is 654 g/mol. The molecular formula is C35H50N4O8. The van der Waals surface area contributed by atoms with Crippen molar-refractivity contribution in [2.75, 3.05) is 6.54 Å². The summed E-state index contributed by atoms with van der Waals surface area (Å²) in [6.07, 6.45) is -0.110. The van der Waals surface area contributed by atoms with E-state index in [1.165, 1.54) is 17.0 Å². The van der Waals surface area contributed by atoms with E-state index in [0.29, 0.717) is 12.8 Å². The van der Waals surface area contributed by atoms with Crippen molar-refractivity contribution in [2.45, 2.75) is 110 Å². The molecule has 5 N–H and O–H groups in total. The molecule has 12 heteroatoms. The van der Waals surface area contributed by atoms with E-state index in [-0.39, 0.29) is 37.1 Å². The minimum atomic E-state index is -1.44. The third-order valence-electron chi connectivity index (χ3n) is 6.79. The number of esters is 1. The Labute approximate surface area is 277 Å². The van der Waals surface area contributed by atoms with Crippen LogP contribution in [0.25, 0.3) is 0 Å². The van der Waals surface area contributed by atoms with Crippen LogP contribution in [0.1, 0.15) is 91.3 Å². The molecule has 3 atom stereocenters. The van der Waals surface area contributed by atoms with E-state index in [1.807, 2.05) is 37.3 Å². The van der Waals surface area contributed by atoms with Crippen LogP contribution < -0.4 is 16.4 Å². The zero-order chi connectivity index (χ0) is 35.4. The summed E-state index contributed by atoms with van der Waals surface area (Å²) in [5.74, 6) is -3.08. The molecule has 12 nitrogen and oxygen atoms in total. The van der Waals surface area contributed by atoms with Gasteiger partial charge in [-0.1, -0.05) is 61.9 Å². The summed E-state index contributed by atoms with van der Waals surface area (Å²) < 4.78 is 11.0. The van der Waals surface area contributed by atoms with Gasteiger partial charge in [0.05, 0.1) is 0 Å². The SMILES string of the molecule is CCCCN(C(=O)C(CCC(N)=O)NC(=O)OC(C)(C)C)C(C(=O)NC(Cc1ccccc1)C(=O)OC(C)(C)C)c1ccccc1O. The van der Waals surface area contributed by atoms with E-state index >= 15 is 0 Å². The summed E-state index contributed by atoms with van der Waals surface area (Å²) in [4.78, 5) is 67.9. The van der Waals surface area contributed by atoms with Crippen molar-refractivity contribution in [2.24, 2.45) is 5.73 Å². The first-order chi connectivity index (χ1) is 21.9. The molecule has 4 amide bonds. The number of nitrogens with one attached hydrogen (secondary N) is 2. The highest BCUT2D eigenvalue weighted by Crippen LogP contribution is 2.31. The lowest BCUT2D eigenvalue weighted by atomic mass is 9.99. The molecule has 0 bridgehead atoms. The molecule has 0 aliphatic carbocycles. The van der Waals surface area contributed by atoms with Crippen LogP contribution >= 0.6 is 0 Å². The zero-order valence-corrected chi connectivity index (χ0v) is 28.5. The molecule has 0 aliphatic heterocycles. The van der Waals surface area contributed by atoms with Crippen LogP contribution in [0, 0.1) is 0 Å². The van der Waals surface area contributed by atoms with Gasteiger partial charge in [-0.3, -0.25) is 14.4 Å². The maximum absolute atomic E-state index is 14.4. The van der Waals surface area contributed by atoms with Crippen molar-refractivity contribution >= 4 is 29.8 Å². The number of carbonyl (C=O) groups excluding carboxylic acids is 5. The third kappa shape index (κ3) is 13.3. The van der Waals surface area contributed by atoms with Crippen LogP contribution in [-0.2, 0) is 35.1 Å². The van der Waals surface area contributed by atoms with Crippen LogP contribution in [0.15, 0.2) is 54.6 Å². The van der Waals surface area contributed by atoms with Crippen molar-refractivity contribution in [1.29, 1.82) is 0 Å². The van der Waals surface area contributed by atoms with Crippen LogP contribution in [0.5, 0.6) is 5.75 Å². The molecule has 0 radical (unpaired) electrons. The largest absolute Gasteiger partial charge is 0.508 e. The second-order valence-electron chi connectivity index (χ2n) is 13.3. The molecule has 0 spiro atoms. The van der Waals surface area contributed by atoms with Gasteiger partial charge in [-0.2, -0.15) is 0 Å². The van der Waals surface area contributed by atoms with Gasteiger partial charge in [0.25, 0.3) is 0 Å². The first kappa shape index (κ1) is 38.6. The first-order valence-electron chi connectivity index (χ1n) is 15.8. The van der Waals surface area contributed by atoms with Gasteiger partial charge in [0.2, 0.25) is 17.7 Å². The number of hydrogen-bond donors (Lipinski definition) is 4. The van der Waals surface area contributed by atoms with E-state index in [2.05, 4.69) is 10.6 Å². The number of alkyl carbamates (subject to hydrolysis) is 1. The molecule has 2 rings (SSSR count). The molecule has 2 aromatic carbocycles. The number of nitrogens with two attached hydrogens (primary N) is 1. The van der Waals surface area contributed by atoms with Gasteiger partial charge >= 0.3 is 12.1 Å². The number of aromatic hydroxyl groups is 1. The second kappa shape index (κ2) is 17.3. The number of nitrogens with zero attached hydrogens (tertiary/aromatic N) is 1. The Morgan fingerprint density at radius 2 is 1.45 bits per heavy atom. The topological polar surface area (TPSA) is 177 Å². The smallest absolute Gasteiger partial charge is 0.408 e. The van der Waals surface area contributed by atoms with E-state index in [1.54, 1.807) is 53.7 Å². The lowest BCUT2D eigenvalue weighted by Crippen LogP contribution is -2.55. The van der Waals surface area contributed by atoms with Gasteiger partial charge in [0.15, 0.2) is 0 Å². The number of amides is 4. The van der Waals surface area contributed by atoms with Gasteiger partial charge in [0.1, 0.15) is 35.1 Å². The Morgan fingerprint density at radius 3 is 2.00 bits per heavy atom. The third-order valence-corrected chi connectivity index (χ3v) is 6.79. The highest BCUT2D eigenvalue weighted by molar-refractivity contribution is 5.94. The fourth-order valence-electron chi connectivity index (χ4n) is 4.73. The molecule has 0 fully saturated rings. The van der Waals surface area contributed by atoms with Gasteiger partial charge in [-0.25, -0.2) is 9.59 Å². The molecule has 3 unspecified atom stereocenters. The highest BCUT2D eigenvalue weighted by atomic mass is 16.6. The van der Waals surface area contributed by atoms with Crippen LogP contribution in [0.4, 0.5) is 4.79 Å². The molecule has 2 aromatic rings. The number of phenolic OH excluding ortho intramolecular Hbond substituents is 1. The average Bonchev–Trinajstić information content (AvgIpc) is 2.96. The van der Waals surface area contributed by atoms with E-state index in [0.717, 1.165) is 5.56 Å². The predicted octanol–water partition coefficient (Wildman–Crippen LogP) is 4.29. The molecule has 0 aliphatic rings. The van der Waals surface area contributed by atoms with Crippen molar-refractivity contribution in [3.8, 4) is 5.75 Å². The summed E-state index contributed by atoms with van der Waals surface area (Å²) >= 11 is 0. The van der Waals surface area contributed by atoms with Crippen LogP contribution in [-0.4, -0.2) is 69.6 Å². The Balaban J connectivity index is 2.62. The lowest BCUT2D eigenvalue weighted by Gasteiger charge is -2.35. The molecule has 0 heterocycles. The van der Waals surface area contributed by atoms with E-state index in [9.17, 15) is 29.1 Å². The number of benzene rings is 2. The average molecular weight is 655 g/mol. The molecule has 0 saturated carbocycles. The van der Waals surface area contributed by atoms with Gasteiger partial charge < -0.3 is 35.8 Å².